The lowest BCUT2D eigenvalue weighted by atomic mass is 10.1. The number of morpholine rings is 1. The summed E-state index contributed by atoms with van der Waals surface area (Å²) < 4.78 is 16.4. The van der Waals surface area contributed by atoms with Gasteiger partial charge in [0.05, 0.1) is 31.8 Å². The molecular weight excluding hydrogens is 270 g/mol. The summed E-state index contributed by atoms with van der Waals surface area (Å²) in [5.41, 5.74) is 1.96. The van der Waals surface area contributed by atoms with Crippen LogP contribution < -0.4 is 10.1 Å². The fourth-order valence-corrected chi connectivity index (χ4v) is 2.38. The quantitative estimate of drug-likeness (QED) is 0.921. The molecule has 0 spiro atoms. The van der Waals surface area contributed by atoms with Gasteiger partial charge in [0.15, 0.2) is 0 Å². The Morgan fingerprint density at radius 3 is 3.10 bits per heavy atom. The van der Waals surface area contributed by atoms with Crippen molar-refractivity contribution in [2.24, 2.45) is 0 Å². The zero-order valence-corrected chi connectivity index (χ0v) is 12.3. The van der Waals surface area contributed by atoms with Gasteiger partial charge in [-0.1, -0.05) is 11.2 Å². The topological polar surface area (TPSA) is 69.4 Å². The maximum absolute atomic E-state index is 5.64. The van der Waals surface area contributed by atoms with Crippen molar-refractivity contribution in [3.05, 3.63) is 29.7 Å². The fraction of sp³-hybridized carbons (Fsp3) is 0.467. The molecule has 2 aromatic rings. The molecule has 0 aliphatic carbocycles. The summed E-state index contributed by atoms with van der Waals surface area (Å²) >= 11 is 0. The van der Waals surface area contributed by atoms with Crippen LogP contribution in [0, 0.1) is 6.92 Å². The molecule has 1 unspecified atom stereocenters. The zero-order valence-electron chi connectivity index (χ0n) is 12.3. The summed E-state index contributed by atoms with van der Waals surface area (Å²) in [6.45, 7) is 4.44. The van der Waals surface area contributed by atoms with E-state index in [9.17, 15) is 0 Å². The number of aromatic nitrogens is 2. The highest BCUT2D eigenvalue weighted by atomic mass is 16.5. The van der Waals surface area contributed by atoms with Crippen LogP contribution >= 0.6 is 0 Å². The molecule has 1 fully saturated rings. The number of ether oxygens (including phenoxy) is 2. The lowest BCUT2D eigenvalue weighted by Crippen LogP contribution is -2.39. The highest BCUT2D eigenvalue weighted by Gasteiger charge is 2.19. The Kier molecular flexibility index (Phi) is 4.17. The normalized spacial score (nSPS) is 18.7. The van der Waals surface area contributed by atoms with Gasteiger partial charge in [-0.25, -0.2) is 0 Å². The molecular formula is C15H19N3O3. The third kappa shape index (κ3) is 3.22. The fourth-order valence-electron chi connectivity index (χ4n) is 2.38. The van der Waals surface area contributed by atoms with Crippen LogP contribution in [0.3, 0.4) is 0 Å². The molecule has 1 N–H and O–H groups in total. The molecule has 1 saturated heterocycles. The number of nitrogens with zero attached hydrogens (tertiary/aromatic N) is 2. The molecule has 1 aliphatic heterocycles. The van der Waals surface area contributed by atoms with Crippen LogP contribution in [-0.4, -0.2) is 43.1 Å². The Balaban J connectivity index is 1.78. The molecule has 3 rings (SSSR count). The van der Waals surface area contributed by atoms with Gasteiger partial charge in [-0.3, -0.25) is 0 Å². The van der Waals surface area contributed by atoms with Crippen LogP contribution in [0.25, 0.3) is 11.4 Å². The van der Waals surface area contributed by atoms with Crippen molar-refractivity contribution in [1.29, 1.82) is 0 Å². The second-order valence-electron chi connectivity index (χ2n) is 5.12. The summed E-state index contributed by atoms with van der Waals surface area (Å²) in [5, 5.41) is 7.33. The molecule has 0 bridgehead atoms. The first-order valence-electron chi connectivity index (χ1n) is 7.06. The molecule has 0 amide bonds. The molecule has 6 nitrogen and oxygen atoms in total. The second-order valence-corrected chi connectivity index (χ2v) is 5.12. The van der Waals surface area contributed by atoms with E-state index < -0.39 is 0 Å². The van der Waals surface area contributed by atoms with Crippen molar-refractivity contribution in [2.75, 3.05) is 26.8 Å². The number of benzene rings is 1. The van der Waals surface area contributed by atoms with E-state index in [4.69, 9.17) is 14.0 Å². The van der Waals surface area contributed by atoms with Gasteiger partial charge in [-0.2, -0.15) is 4.98 Å². The smallest absolute Gasteiger partial charge is 0.229 e. The summed E-state index contributed by atoms with van der Waals surface area (Å²) in [6.07, 6.45) is 0.709. The Hall–Kier alpha value is -1.92. The molecule has 0 saturated carbocycles. The van der Waals surface area contributed by atoms with E-state index in [1.807, 2.05) is 25.1 Å². The van der Waals surface area contributed by atoms with E-state index in [1.165, 1.54) is 0 Å². The van der Waals surface area contributed by atoms with Crippen LogP contribution in [-0.2, 0) is 11.2 Å². The Bertz CT molecular complexity index is 606. The SMILES string of the molecule is COc1cc(C)ccc1-c1noc(CC2CNCCO2)n1. The average molecular weight is 289 g/mol. The van der Waals surface area contributed by atoms with Crippen LogP contribution in [0.2, 0.25) is 0 Å². The third-order valence-electron chi connectivity index (χ3n) is 3.47. The van der Waals surface area contributed by atoms with E-state index in [0.29, 0.717) is 18.1 Å². The Morgan fingerprint density at radius 2 is 2.33 bits per heavy atom. The van der Waals surface area contributed by atoms with Gasteiger partial charge in [0.2, 0.25) is 11.7 Å². The predicted molar refractivity (Wildman–Crippen MR) is 77.3 cm³/mol. The lowest BCUT2D eigenvalue weighted by Gasteiger charge is -2.21. The lowest BCUT2D eigenvalue weighted by molar-refractivity contribution is 0.0246. The average Bonchev–Trinajstić information content (AvgIpc) is 2.96. The standard InChI is InChI=1S/C15H19N3O3/c1-10-3-4-12(13(7-10)19-2)15-17-14(21-18-15)8-11-9-16-5-6-20-11/h3-4,7,11,16H,5-6,8-9H2,1-2H3. The molecule has 112 valence electrons. The largest absolute Gasteiger partial charge is 0.496 e. The van der Waals surface area contributed by atoms with Crippen molar-refractivity contribution >= 4 is 0 Å². The van der Waals surface area contributed by atoms with Crippen molar-refractivity contribution in [3.63, 3.8) is 0 Å². The second kappa shape index (κ2) is 6.24. The van der Waals surface area contributed by atoms with Crippen molar-refractivity contribution in [3.8, 4) is 17.1 Å². The van der Waals surface area contributed by atoms with Gasteiger partial charge < -0.3 is 19.3 Å². The molecule has 1 aliphatic rings. The van der Waals surface area contributed by atoms with Gasteiger partial charge in [-0.05, 0) is 24.6 Å². The van der Waals surface area contributed by atoms with Crippen molar-refractivity contribution < 1.29 is 14.0 Å². The maximum atomic E-state index is 5.64. The number of rotatable bonds is 4. The van der Waals surface area contributed by atoms with Crippen LogP contribution in [0.5, 0.6) is 5.75 Å². The van der Waals surface area contributed by atoms with Crippen LogP contribution in [0.1, 0.15) is 11.5 Å². The monoisotopic (exact) mass is 289 g/mol. The van der Waals surface area contributed by atoms with Gasteiger partial charge >= 0.3 is 0 Å². The number of methoxy groups -OCH3 is 1. The minimum absolute atomic E-state index is 0.0898. The molecule has 2 heterocycles. The zero-order chi connectivity index (χ0) is 14.7. The molecule has 1 aromatic carbocycles. The molecule has 1 aromatic heterocycles. The van der Waals surface area contributed by atoms with Crippen molar-refractivity contribution in [1.82, 2.24) is 15.5 Å². The van der Waals surface area contributed by atoms with Gasteiger partial charge in [0.1, 0.15) is 5.75 Å². The Labute approximate surface area is 123 Å². The minimum atomic E-state index is 0.0898. The van der Waals surface area contributed by atoms with E-state index in [2.05, 4.69) is 15.5 Å². The van der Waals surface area contributed by atoms with Crippen molar-refractivity contribution in [2.45, 2.75) is 19.4 Å². The predicted octanol–water partition coefficient (Wildman–Crippen LogP) is 1.58. The third-order valence-corrected chi connectivity index (χ3v) is 3.47. The first-order chi connectivity index (χ1) is 10.3. The molecule has 1 atom stereocenters. The number of hydrogen-bond acceptors (Lipinski definition) is 6. The van der Waals surface area contributed by atoms with E-state index in [-0.39, 0.29) is 6.10 Å². The van der Waals surface area contributed by atoms with E-state index >= 15 is 0 Å². The highest BCUT2D eigenvalue weighted by molar-refractivity contribution is 5.64. The molecule has 6 heteroatoms. The Morgan fingerprint density at radius 1 is 1.43 bits per heavy atom. The van der Waals surface area contributed by atoms with Gasteiger partial charge in [0, 0.05) is 13.1 Å². The summed E-state index contributed by atoms with van der Waals surface area (Å²) in [7, 11) is 1.64. The molecule has 21 heavy (non-hydrogen) atoms. The minimum Gasteiger partial charge on any atom is -0.496 e. The number of aryl methyl sites for hydroxylation is 1. The van der Waals surface area contributed by atoms with Crippen LogP contribution in [0.4, 0.5) is 0 Å². The van der Waals surface area contributed by atoms with Gasteiger partial charge in [0.25, 0.3) is 0 Å². The number of nitrogens with one attached hydrogen (secondary N) is 1. The first-order valence-corrected chi connectivity index (χ1v) is 7.06. The summed E-state index contributed by atoms with van der Waals surface area (Å²) in [6, 6.07) is 5.91. The highest BCUT2D eigenvalue weighted by Crippen LogP contribution is 2.28. The van der Waals surface area contributed by atoms with E-state index in [0.717, 1.165) is 36.6 Å². The molecule has 0 radical (unpaired) electrons. The van der Waals surface area contributed by atoms with E-state index in [1.54, 1.807) is 7.11 Å². The summed E-state index contributed by atoms with van der Waals surface area (Å²) in [4.78, 5) is 4.45. The summed E-state index contributed by atoms with van der Waals surface area (Å²) in [5.74, 6) is 1.88. The van der Waals surface area contributed by atoms with Crippen LogP contribution in [0.15, 0.2) is 22.7 Å². The number of hydrogen-bond donors (Lipinski definition) is 1. The first kappa shape index (κ1) is 14.0. The maximum Gasteiger partial charge on any atom is 0.229 e. The van der Waals surface area contributed by atoms with Gasteiger partial charge in [-0.15, -0.1) is 0 Å².